The van der Waals surface area contributed by atoms with Gasteiger partial charge in [0, 0.05) is 0 Å². The van der Waals surface area contributed by atoms with E-state index in [9.17, 15) is 0 Å². The molecule has 13 heavy (non-hydrogen) atoms. The quantitative estimate of drug-likeness (QED) is 0.679. The average molecular weight is 181 g/mol. The first-order chi connectivity index (χ1) is 6.43. The first-order valence-electron chi connectivity index (χ1n) is 4.78. The summed E-state index contributed by atoms with van der Waals surface area (Å²) in [6, 6.07) is 0. The zero-order chi connectivity index (χ0) is 9.94. The van der Waals surface area contributed by atoms with Gasteiger partial charge >= 0.3 is 0 Å². The van der Waals surface area contributed by atoms with Crippen molar-refractivity contribution < 1.29 is 4.84 Å². The third kappa shape index (κ3) is 6.31. The van der Waals surface area contributed by atoms with E-state index in [1.807, 2.05) is 26.0 Å². The Morgan fingerprint density at radius 2 is 2.23 bits per heavy atom. The van der Waals surface area contributed by atoms with Crippen LogP contribution in [0.1, 0.15) is 26.7 Å². The summed E-state index contributed by atoms with van der Waals surface area (Å²) >= 11 is 0. The Morgan fingerprint density at radius 3 is 2.77 bits per heavy atom. The van der Waals surface area contributed by atoms with Gasteiger partial charge in [0.1, 0.15) is 0 Å². The molecule has 2 N–H and O–H groups in total. The summed E-state index contributed by atoms with van der Waals surface area (Å²) in [6.07, 6.45) is 12.7. The Morgan fingerprint density at radius 1 is 1.46 bits per heavy atom. The maximum atomic E-state index is 4.86. The third-order valence-corrected chi connectivity index (χ3v) is 1.53. The number of allylic oxidation sites excluding steroid dienone is 5. The molecule has 0 spiro atoms. The highest BCUT2D eigenvalue weighted by atomic mass is 16.6. The van der Waals surface area contributed by atoms with Crippen LogP contribution in [0.5, 0.6) is 0 Å². The SMILES string of the molecule is CC.NOC/C=C/C1=CCCC=C1. The fraction of sp³-hybridized carbons (Fsp3) is 0.455. The van der Waals surface area contributed by atoms with Gasteiger partial charge < -0.3 is 4.84 Å². The molecule has 2 heteroatoms. The van der Waals surface area contributed by atoms with Crippen LogP contribution in [0, 0.1) is 0 Å². The van der Waals surface area contributed by atoms with Crippen molar-refractivity contribution in [3.63, 3.8) is 0 Å². The van der Waals surface area contributed by atoms with Crippen LogP contribution in [0.25, 0.3) is 0 Å². The van der Waals surface area contributed by atoms with Crippen LogP contribution < -0.4 is 5.90 Å². The highest BCUT2D eigenvalue weighted by Crippen LogP contribution is 2.09. The van der Waals surface area contributed by atoms with E-state index in [4.69, 9.17) is 5.90 Å². The molecule has 0 amide bonds. The molecular formula is C11H19NO. The van der Waals surface area contributed by atoms with E-state index in [0.717, 1.165) is 12.8 Å². The van der Waals surface area contributed by atoms with Crippen LogP contribution in [0.15, 0.2) is 36.0 Å². The van der Waals surface area contributed by atoms with Crippen LogP contribution in [0.4, 0.5) is 0 Å². The molecule has 2 nitrogen and oxygen atoms in total. The molecule has 0 radical (unpaired) electrons. The first-order valence-corrected chi connectivity index (χ1v) is 4.78. The fourth-order valence-electron chi connectivity index (χ4n) is 0.997. The van der Waals surface area contributed by atoms with E-state index >= 15 is 0 Å². The Bertz CT molecular complexity index is 192. The van der Waals surface area contributed by atoms with Crippen LogP contribution in [-0.4, -0.2) is 6.61 Å². The smallest absolute Gasteiger partial charge is 0.0864 e. The second kappa shape index (κ2) is 9.23. The molecule has 0 aromatic carbocycles. The Kier molecular flexibility index (Phi) is 8.62. The zero-order valence-electron chi connectivity index (χ0n) is 8.49. The Labute approximate surface area is 80.7 Å². The van der Waals surface area contributed by atoms with Crippen LogP contribution in [0.2, 0.25) is 0 Å². The van der Waals surface area contributed by atoms with Gasteiger partial charge in [-0.2, -0.15) is 0 Å². The molecule has 0 saturated heterocycles. The minimum atomic E-state index is 0.477. The van der Waals surface area contributed by atoms with Gasteiger partial charge in [-0.1, -0.05) is 44.2 Å². The molecule has 0 aliphatic heterocycles. The van der Waals surface area contributed by atoms with Crippen molar-refractivity contribution in [2.75, 3.05) is 6.61 Å². The molecule has 0 aromatic heterocycles. The summed E-state index contributed by atoms with van der Waals surface area (Å²) in [5.74, 6) is 4.86. The van der Waals surface area contributed by atoms with Crippen LogP contribution in [0.3, 0.4) is 0 Å². The van der Waals surface area contributed by atoms with E-state index in [1.54, 1.807) is 0 Å². The van der Waals surface area contributed by atoms with E-state index in [2.05, 4.69) is 23.1 Å². The van der Waals surface area contributed by atoms with Gasteiger partial charge in [-0.15, -0.1) is 0 Å². The summed E-state index contributed by atoms with van der Waals surface area (Å²) < 4.78 is 0. The third-order valence-electron chi connectivity index (χ3n) is 1.53. The Hall–Kier alpha value is -0.860. The molecule has 0 aromatic rings. The topological polar surface area (TPSA) is 35.2 Å². The average Bonchev–Trinajstić information content (AvgIpc) is 2.23. The lowest BCUT2D eigenvalue weighted by Gasteiger charge is -1.99. The van der Waals surface area contributed by atoms with Gasteiger partial charge in [0.25, 0.3) is 0 Å². The second-order valence-electron chi connectivity index (χ2n) is 2.42. The van der Waals surface area contributed by atoms with Gasteiger partial charge in [-0.25, -0.2) is 5.90 Å². The van der Waals surface area contributed by atoms with Crippen molar-refractivity contribution in [2.45, 2.75) is 26.7 Å². The summed E-state index contributed by atoms with van der Waals surface area (Å²) in [4.78, 5) is 4.39. The monoisotopic (exact) mass is 181 g/mol. The van der Waals surface area contributed by atoms with Crippen molar-refractivity contribution in [2.24, 2.45) is 5.90 Å². The van der Waals surface area contributed by atoms with Crippen molar-refractivity contribution in [3.8, 4) is 0 Å². The van der Waals surface area contributed by atoms with Crippen LogP contribution >= 0.6 is 0 Å². The summed E-state index contributed by atoms with van der Waals surface area (Å²) in [5, 5.41) is 0. The molecule has 1 rings (SSSR count). The van der Waals surface area contributed by atoms with Crippen molar-refractivity contribution in [1.82, 2.24) is 0 Å². The molecular weight excluding hydrogens is 162 g/mol. The minimum absolute atomic E-state index is 0.477. The van der Waals surface area contributed by atoms with E-state index in [1.165, 1.54) is 5.57 Å². The highest BCUT2D eigenvalue weighted by Gasteiger charge is 1.90. The van der Waals surface area contributed by atoms with Gasteiger partial charge in [0.15, 0.2) is 0 Å². The molecule has 0 fully saturated rings. The lowest BCUT2D eigenvalue weighted by atomic mass is 10.1. The molecule has 1 aliphatic carbocycles. The summed E-state index contributed by atoms with van der Waals surface area (Å²) in [5.41, 5.74) is 1.24. The molecule has 0 bridgehead atoms. The minimum Gasteiger partial charge on any atom is -0.300 e. The predicted octanol–water partition coefficient (Wildman–Crippen LogP) is 2.74. The predicted molar refractivity (Wildman–Crippen MR) is 57.1 cm³/mol. The number of rotatable bonds is 3. The van der Waals surface area contributed by atoms with Crippen LogP contribution in [-0.2, 0) is 4.84 Å². The lowest BCUT2D eigenvalue weighted by Crippen LogP contribution is -1.97. The van der Waals surface area contributed by atoms with Gasteiger partial charge in [-0.05, 0) is 18.4 Å². The van der Waals surface area contributed by atoms with Gasteiger partial charge in [0.05, 0.1) is 6.61 Å². The fourth-order valence-corrected chi connectivity index (χ4v) is 0.997. The van der Waals surface area contributed by atoms with Crippen molar-refractivity contribution in [3.05, 3.63) is 36.0 Å². The highest BCUT2D eigenvalue weighted by molar-refractivity contribution is 5.32. The van der Waals surface area contributed by atoms with Gasteiger partial charge in [0.2, 0.25) is 0 Å². The molecule has 1 aliphatic rings. The van der Waals surface area contributed by atoms with E-state index in [0.29, 0.717) is 6.61 Å². The zero-order valence-corrected chi connectivity index (χ0v) is 8.49. The maximum absolute atomic E-state index is 4.86. The van der Waals surface area contributed by atoms with E-state index < -0.39 is 0 Å². The molecule has 74 valence electrons. The largest absolute Gasteiger partial charge is 0.300 e. The second-order valence-corrected chi connectivity index (χ2v) is 2.42. The maximum Gasteiger partial charge on any atom is 0.0864 e. The first kappa shape index (κ1) is 12.1. The standard InChI is InChI=1S/C9H13NO.C2H6/c10-11-8-4-7-9-5-2-1-3-6-9;1-2/h2,4-7H,1,3,8,10H2;1-2H3/b7-4+;. The Balaban J connectivity index is 0.000000671. The lowest BCUT2D eigenvalue weighted by molar-refractivity contribution is 0.168. The molecule has 0 heterocycles. The molecule has 0 unspecified atom stereocenters. The van der Waals surface area contributed by atoms with E-state index in [-0.39, 0.29) is 0 Å². The van der Waals surface area contributed by atoms with Crippen molar-refractivity contribution in [1.29, 1.82) is 0 Å². The summed E-state index contributed by atoms with van der Waals surface area (Å²) in [7, 11) is 0. The van der Waals surface area contributed by atoms with Gasteiger partial charge in [-0.3, -0.25) is 0 Å². The number of nitrogens with two attached hydrogens (primary N) is 1. The normalized spacial score (nSPS) is 15.2. The van der Waals surface area contributed by atoms with Crippen molar-refractivity contribution >= 4 is 0 Å². The molecule has 0 atom stereocenters. The molecule has 0 saturated carbocycles. The summed E-state index contributed by atoms with van der Waals surface area (Å²) in [6.45, 7) is 4.48. The number of hydrogen-bond donors (Lipinski definition) is 1. The number of hydrogen-bond acceptors (Lipinski definition) is 2.